The molecule has 1 atom stereocenters. The maximum Gasteiger partial charge on any atom is 0.287 e. The minimum absolute atomic E-state index is 0.00558. The van der Waals surface area contributed by atoms with Gasteiger partial charge >= 0.3 is 0 Å². The molecule has 8 nitrogen and oxygen atoms in total. The van der Waals surface area contributed by atoms with Crippen LogP contribution in [-0.4, -0.2) is 32.4 Å². The molecule has 4 rings (SSSR count). The predicted molar refractivity (Wildman–Crippen MR) is 103 cm³/mol. The molecule has 1 aliphatic rings. The monoisotopic (exact) mass is 422 g/mol. The average molecular weight is 423 g/mol. The zero-order valence-corrected chi connectivity index (χ0v) is 16.7. The van der Waals surface area contributed by atoms with Gasteiger partial charge in [0.2, 0.25) is 11.6 Å². The number of furan rings is 1. The number of carbonyl (C=O) groups excluding carboxylic acids is 1. The number of rotatable bonds is 4. The maximum absolute atomic E-state index is 12.3. The quantitative estimate of drug-likeness (QED) is 0.656. The Morgan fingerprint density at radius 2 is 2.04 bits per heavy atom. The molecule has 10 heteroatoms. The van der Waals surface area contributed by atoms with Gasteiger partial charge in [-0.05, 0) is 43.9 Å². The molecule has 0 radical (unpaired) electrons. The molecule has 3 heterocycles. The smallest absolute Gasteiger partial charge is 0.287 e. The third-order valence-corrected chi connectivity index (χ3v) is 6.03. The maximum atomic E-state index is 12.3. The summed E-state index contributed by atoms with van der Waals surface area (Å²) in [5.74, 6) is 0.530. The van der Waals surface area contributed by atoms with Crippen LogP contribution >= 0.6 is 11.6 Å². The molecule has 1 fully saturated rings. The van der Waals surface area contributed by atoms with Crippen LogP contribution in [0.25, 0.3) is 11.2 Å². The van der Waals surface area contributed by atoms with Crippen molar-refractivity contribution in [2.24, 2.45) is 0 Å². The van der Waals surface area contributed by atoms with Crippen molar-refractivity contribution in [3.63, 3.8) is 0 Å². The summed E-state index contributed by atoms with van der Waals surface area (Å²) in [6, 6.07) is 4.60. The van der Waals surface area contributed by atoms with Crippen molar-refractivity contribution in [2.45, 2.75) is 42.7 Å². The van der Waals surface area contributed by atoms with E-state index in [4.69, 9.17) is 25.2 Å². The SMILES string of the molecule is CS(=N)(=O)c1ccc(C(=O)NC2CCC(c3nc4cc(Cl)cnc4o3)CC2)o1. The Morgan fingerprint density at radius 1 is 1.29 bits per heavy atom. The number of hydrogen-bond donors (Lipinski definition) is 2. The van der Waals surface area contributed by atoms with Gasteiger partial charge < -0.3 is 14.2 Å². The third kappa shape index (κ3) is 3.90. The van der Waals surface area contributed by atoms with Crippen LogP contribution < -0.4 is 5.32 Å². The molecule has 1 amide bonds. The highest BCUT2D eigenvalue weighted by Gasteiger charge is 2.28. The van der Waals surface area contributed by atoms with Crippen molar-refractivity contribution in [1.82, 2.24) is 15.3 Å². The van der Waals surface area contributed by atoms with Gasteiger partial charge in [0.1, 0.15) is 15.2 Å². The first-order valence-electron chi connectivity index (χ1n) is 8.86. The van der Waals surface area contributed by atoms with Crippen molar-refractivity contribution in [2.75, 3.05) is 6.26 Å². The molecule has 3 aromatic rings. The minimum atomic E-state index is -2.98. The lowest BCUT2D eigenvalue weighted by Crippen LogP contribution is -2.37. The largest absolute Gasteiger partial charge is 0.441 e. The van der Waals surface area contributed by atoms with E-state index in [1.54, 1.807) is 6.07 Å². The second-order valence-electron chi connectivity index (χ2n) is 7.01. The van der Waals surface area contributed by atoms with E-state index in [1.165, 1.54) is 24.6 Å². The van der Waals surface area contributed by atoms with Crippen molar-refractivity contribution < 1.29 is 17.8 Å². The van der Waals surface area contributed by atoms with E-state index in [2.05, 4.69) is 15.3 Å². The van der Waals surface area contributed by atoms with Crippen molar-refractivity contribution in [3.05, 3.63) is 41.1 Å². The number of aromatic nitrogens is 2. The molecule has 148 valence electrons. The third-order valence-electron chi connectivity index (χ3n) is 4.83. The fraction of sp³-hybridized carbons (Fsp3) is 0.389. The summed E-state index contributed by atoms with van der Waals surface area (Å²) in [5.41, 5.74) is 1.12. The fourth-order valence-corrected chi connectivity index (χ4v) is 4.11. The molecule has 0 aromatic carbocycles. The molecule has 1 unspecified atom stereocenters. The van der Waals surface area contributed by atoms with Crippen LogP contribution in [0.4, 0.5) is 0 Å². The molecular formula is C18H19ClN4O4S. The first-order chi connectivity index (χ1) is 13.3. The molecular weight excluding hydrogens is 404 g/mol. The Morgan fingerprint density at radius 3 is 2.71 bits per heavy atom. The van der Waals surface area contributed by atoms with E-state index in [0.29, 0.717) is 22.1 Å². The van der Waals surface area contributed by atoms with Gasteiger partial charge in [0, 0.05) is 24.4 Å². The molecule has 0 spiro atoms. The lowest BCUT2D eigenvalue weighted by molar-refractivity contribution is 0.0891. The van der Waals surface area contributed by atoms with Gasteiger partial charge in [0.05, 0.1) is 5.02 Å². The van der Waals surface area contributed by atoms with Gasteiger partial charge in [-0.2, -0.15) is 0 Å². The summed E-state index contributed by atoms with van der Waals surface area (Å²) in [7, 11) is -2.98. The lowest BCUT2D eigenvalue weighted by atomic mass is 9.86. The first-order valence-corrected chi connectivity index (χ1v) is 11.2. The minimum Gasteiger partial charge on any atom is -0.441 e. The Hall–Kier alpha value is -2.39. The average Bonchev–Trinajstić information content (AvgIpc) is 3.29. The van der Waals surface area contributed by atoms with Crippen LogP contribution in [0.3, 0.4) is 0 Å². The summed E-state index contributed by atoms with van der Waals surface area (Å²) < 4.78 is 30.2. The number of nitrogens with zero attached hydrogens (tertiary/aromatic N) is 2. The molecule has 0 bridgehead atoms. The summed E-state index contributed by atoms with van der Waals surface area (Å²) >= 11 is 5.94. The second kappa shape index (κ2) is 7.21. The van der Waals surface area contributed by atoms with Crippen molar-refractivity contribution in [3.8, 4) is 0 Å². The number of nitrogens with one attached hydrogen (secondary N) is 2. The van der Waals surface area contributed by atoms with Gasteiger partial charge in [-0.3, -0.25) is 4.79 Å². The van der Waals surface area contributed by atoms with E-state index >= 15 is 0 Å². The van der Waals surface area contributed by atoms with Crippen LogP contribution in [0.1, 0.15) is 48.0 Å². The van der Waals surface area contributed by atoms with Crippen molar-refractivity contribution >= 4 is 38.5 Å². The molecule has 1 aliphatic carbocycles. The molecule has 3 aromatic heterocycles. The standard InChI is InChI=1S/C18H19ClN4O4S/c1-28(20,25)15-7-6-14(26-15)16(24)22-12-4-2-10(3-5-12)17-23-13-8-11(19)9-21-18(13)27-17/h6-10,12,20H,2-5H2,1H3,(H,22,24). The van der Waals surface area contributed by atoms with Gasteiger partial charge in [-0.1, -0.05) is 11.6 Å². The van der Waals surface area contributed by atoms with Crippen molar-refractivity contribution in [1.29, 1.82) is 4.78 Å². The summed E-state index contributed by atoms with van der Waals surface area (Å²) in [6.07, 6.45) is 5.99. The highest BCUT2D eigenvalue weighted by molar-refractivity contribution is 7.91. The summed E-state index contributed by atoms with van der Waals surface area (Å²) in [6.45, 7) is 0. The molecule has 28 heavy (non-hydrogen) atoms. The first kappa shape index (κ1) is 18.9. The van der Waals surface area contributed by atoms with Gasteiger partial charge in [0.25, 0.3) is 5.91 Å². The Kier molecular flexibility index (Phi) is 4.88. The van der Waals surface area contributed by atoms with Gasteiger partial charge in [-0.25, -0.2) is 19.0 Å². The number of fused-ring (bicyclic) bond motifs is 1. The predicted octanol–water partition coefficient (Wildman–Crippen LogP) is 3.96. The number of hydrogen-bond acceptors (Lipinski definition) is 7. The Bertz CT molecular complexity index is 1130. The van der Waals surface area contributed by atoms with E-state index in [0.717, 1.165) is 25.7 Å². The number of carbonyl (C=O) groups is 1. The molecule has 2 N–H and O–H groups in total. The number of amides is 1. The zero-order chi connectivity index (χ0) is 19.9. The molecule has 0 aliphatic heterocycles. The zero-order valence-electron chi connectivity index (χ0n) is 15.1. The Balaban J connectivity index is 1.37. The fourth-order valence-electron chi connectivity index (χ4n) is 3.38. The van der Waals surface area contributed by atoms with E-state index in [9.17, 15) is 9.00 Å². The van der Waals surface area contributed by atoms with Crippen LogP contribution in [-0.2, 0) is 9.73 Å². The normalized spacial score (nSPS) is 22.1. The van der Waals surface area contributed by atoms with Crippen LogP contribution in [0.2, 0.25) is 5.02 Å². The van der Waals surface area contributed by atoms with E-state index in [-0.39, 0.29) is 28.7 Å². The summed E-state index contributed by atoms with van der Waals surface area (Å²) in [4.78, 5) is 21.0. The number of halogens is 1. The Labute approximate surface area is 166 Å². The van der Waals surface area contributed by atoms with E-state index in [1.807, 2.05) is 0 Å². The van der Waals surface area contributed by atoms with Gasteiger partial charge in [-0.15, -0.1) is 0 Å². The second-order valence-corrected chi connectivity index (χ2v) is 9.54. The number of pyridine rings is 1. The topological polar surface area (TPSA) is 122 Å². The molecule has 0 saturated heterocycles. The van der Waals surface area contributed by atoms with E-state index < -0.39 is 9.73 Å². The lowest BCUT2D eigenvalue weighted by Gasteiger charge is -2.27. The van der Waals surface area contributed by atoms with Crippen LogP contribution in [0.5, 0.6) is 0 Å². The molecule has 1 saturated carbocycles. The van der Waals surface area contributed by atoms with Crippen LogP contribution in [0.15, 0.2) is 38.3 Å². The number of oxazole rings is 1. The highest BCUT2D eigenvalue weighted by atomic mass is 35.5. The highest BCUT2D eigenvalue weighted by Crippen LogP contribution is 2.34. The van der Waals surface area contributed by atoms with Crippen LogP contribution in [0, 0.1) is 4.78 Å². The van der Waals surface area contributed by atoms with Gasteiger partial charge in [0.15, 0.2) is 10.9 Å². The summed E-state index contributed by atoms with van der Waals surface area (Å²) in [5, 5.41) is 3.46.